The molecule has 0 aliphatic carbocycles. The van der Waals surface area contributed by atoms with Crippen molar-refractivity contribution >= 4 is 0 Å². The molecular formula is C11H14F3NO3. The van der Waals surface area contributed by atoms with E-state index in [1.165, 1.54) is 12.1 Å². The Morgan fingerprint density at radius 1 is 1.17 bits per heavy atom. The SMILES string of the molecule is Oc1ccc(CNCCOCC(F)(F)F)cc1O. The zero-order valence-corrected chi connectivity index (χ0v) is 9.50. The first-order valence-electron chi connectivity index (χ1n) is 5.24. The van der Waals surface area contributed by atoms with Crippen molar-refractivity contribution in [2.24, 2.45) is 0 Å². The van der Waals surface area contributed by atoms with Crippen LogP contribution in [0.4, 0.5) is 13.2 Å². The van der Waals surface area contributed by atoms with E-state index in [0.717, 1.165) is 0 Å². The first-order chi connectivity index (χ1) is 8.38. The second-order valence-corrected chi connectivity index (χ2v) is 3.67. The maximum Gasteiger partial charge on any atom is 0.411 e. The molecule has 1 aromatic rings. The van der Waals surface area contributed by atoms with Gasteiger partial charge in [0.05, 0.1) is 6.61 Å². The highest BCUT2D eigenvalue weighted by molar-refractivity contribution is 5.40. The van der Waals surface area contributed by atoms with Crippen LogP contribution in [0.15, 0.2) is 18.2 Å². The Morgan fingerprint density at radius 2 is 1.89 bits per heavy atom. The average Bonchev–Trinajstić information content (AvgIpc) is 2.26. The Morgan fingerprint density at radius 3 is 2.50 bits per heavy atom. The minimum absolute atomic E-state index is 0.0520. The molecule has 0 amide bonds. The number of hydrogen-bond donors (Lipinski definition) is 3. The molecule has 0 saturated heterocycles. The highest BCUT2D eigenvalue weighted by Crippen LogP contribution is 2.24. The summed E-state index contributed by atoms with van der Waals surface area (Å²) >= 11 is 0. The molecule has 0 bridgehead atoms. The van der Waals surface area contributed by atoms with Gasteiger partial charge in [-0.05, 0) is 17.7 Å². The van der Waals surface area contributed by atoms with Crippen LogP contribution in [-0.2, 0) is 11.3 Å². The zero-order chi connectivity index (χ0) is 13.6. The number of hydrogen-bond acceptors (Lipinski definition) is 4. The molecule has 0 aliphatic heterocycles. The van der Waals surface area contributed by atoms with Gasteiger partial charge in [0.15, 0.2) is 11.5 Å². The van der Waals surface area contributed by atoms with Crippen molar-refractivity contribution in [3.05, 3.63) is 23.8 Å². The molecule has 0 heterocycles. The van der Waals surface area contributed by atoms with Crippen LogP contribution in [0, 0.1) is 0 Å². The van der Waals surface area contributed by atoms with Gasteiger partial charge in [-0.15, -0.1) is 0 Å². The van der Waals surface area contributed by atoms with Crippen LogP contribution in [-0.4, -0.2) is 36.1 Å². The summed E-state index contributed by atoms with van der Waals surface area (Å²) in [7, 11) is 0. The van der Waals surface area contributed by atoms with Crippen molar-refractivity contribution in [1.82, 2.24) is 5.32 Å². The first-order valence-corrected chi connectivity index (χ1v) is 5.24. The molecule has 3 N–H and O–H groups in total. The molecule has 0 atom stereocenters. The van der Waals surface area contributed by atoms with E-state index in [0.29, 0.717) is 12.1 Å². The van der Waals surface area contributed by atoms with Crippen molar-refractivity contribution in [1.29, 1.82) is 0 Å². The van der Waals surface area contributed by atoms with Crippen LogP contribution in [0.2, 0.25) is 0 Å². The molecule has 0 aromatic heterocycles. The van der Waals surface area contributed by atoms with Gasteiger partial charge in [0.25, 0.3) is 0 Å². The van der Waals surface area contributed by atoms with Gasteiger partial charge in [-0.25, -0.2) is 0 Å². The maximum atomic E-state index is 11.7. The summed E-state index contributed by atoms with van der Waals surface area (Å²) in [6, 6.07) is 4.31. The number of alkyl halides is 3. The Bertz CT molecular complexity index is 382. The van der Waals surface area contributed by atoms with Gasteiger partial charge >= 0.3 is 6.18 Å². The van der Waals surface area contributed by atoms with Crippen LogP contribution in [0.5, 0.6) is 11.5 Å². The fourth-order valence-electron chi connectivity index (χ4n) is 1.24. The van der Waals surface area contributed by atoms with E-state index >= 15 is 0 Å². The van der Waals surface area contributed by atoms with Crippen molar-refractivity contribution in [3.63, 3.8) is 0 Å². The molecule has 7 heteroatoms. The minimum Gasteiger partial charge on any atom is -0.504 e. The number of benzene rings is 1. The number of halogens is 3. The van der Waals surface area contributed by atoms with Crippen LogP contribution in [0.1, 0.15) is 5.56 Å². The number of phenols is 2. The van der Waals surface area contributed by atoms with Crippen molar-refractivity contribution in [3.8, 4) is 11.5 Å². The highest BCUT2D eigenvalue weighted by Gasteiger charge is 2.27. The normalized spacial score (nSPS) is 11.7. The topological polar surface area (TPSA) is 61.7 Å². The summed E-state index contributed by atoms with van der Waals surface area (Å²) in [5.74, 6) is -0.449. The van der Waals surface area contributed by atoms with Gasteiger partial charge in [0.1, 0.15) is 6.61 Å². The Hall–Kier alpha value is -1.47. The Labute approximate surface area is 102 Å². The summed E-state index contributed by atoms with van der Waals surface area (Å²) in [4.78, 5) is 0. The van der Waals surface area contributed by atoms with Gasteiger partial charge < -0.3 is 20.3 Å². The van der Waals surface area contributed by atoms with Gasteiger partial charge in [-0.3, -0.25) is 0 Å². The third-order valence-electron chi connectivity index (χ3n) is 2.06. The van der Waals surface area contributed by atoms with Gasteiger partial charge in [-0.1, -0.05) is 6.07 Å². The van der Waals surface area contributed by atoms with E-state index in [9.17, 15) is 18.3 Å². The third-order valence-corrected chi connectivity index (χ3v) is 2.06. The van der Waals surface area contributed by atoms with Crippen LogP contribution in [0.25, 0.3) is 0 Å². The summed E-state index contributed by atoms with van der Waals surface area (Å²) in [6.45, 7) is -0.681. The smallest absolute Gasteiger partial charge is 0.411 e. The van der Waals surface area contributed by atoms with Crippen LogP contribution >= 0.6 is 0 Å². The molecule has 102 valence electrons. The van der Waals surface area contributed by atoms with Gasteiger partial charge in [0.2, 0.25) is 0 Å². The molecule has 0 aliphatic rings. The molecular weight excluding hydrogens is 251 g/mol. The molecule has 0 unspecified atom stereocenters. The van der Waals surface area contributed by atoms with E-state index < -0.39 is 12.8 Å². The number of rotatable bonds is 6. The molecule has 4 nitrogen and oxygen atoms in total. The number of aromatic hydroxyl groups is 2. The van der Waals surface area contributed by atoms with E-state index in [1.807, 2.05) is 0 Å². The van der Waals surface area contributed by atoms with E-state index in [4.69, 9.17) is 5.11 Å². The van der Waals surface area contributed by atoms with Gasteiger partial charge in [-0.2, -0.15) is 13.2 Å². The maximum absolute atomic E-state index is 11.7. The second-order valence-electron chi connectivity index (χ2n) is 3.67. The highest BCUT2D eigenvalue weighted by atomic mass is 19.4. The monoisotopic (exact) mass is 265 g/mol. The predicted octanol–water partition coefficient (Wildman–Crippen LogP) is 1.77. The molecule has 18 heavy (non-hydrogen) atoms. The largest absolute Gasteiger partial charge is 0.504 e. The average molecular weight is 265 g/mol. The first kappa shape index (κ1) is 14.6. The number of phenolic OH excluding ortho intramolecular Hbond substituents is 2. The van der Waals surface area contributed by atoms with Gasteiger partial charge in [0, 0.05) is 13.1 Å². The lowest BCUT2D eigenvalue weighted by atomic mass is 10.2. The fourth-order valence-corrected chi connectivity index (χ4v) is 1.24. The van der Waals surface area contributed by atoms with Crippen molar-refractivity contribution in [2.45, 2.75) is 12.7 Å². The van der Waals surface area contributed by atoms with Crippen LogP contribution < -0.4 is 5.32 Å². The Kier molecular flexibility index (Phi) is 5.24. The Balaban J connectivity index is 2.16. The summed E-state index contributed by atoms with van der Waals surface area (Å²) in [6.07, 6.45) is -4.30. The molecule has 0 saturated carbocycles. The molecule has 0 fully saturated rings. The standard InChI is InChI=1S/C11H14F3NO3/c12-11(13,14)7-18-4-3-15-6-8-1-2-9(16)10(17)5-8/h1-2,5,15-17H,3-4,6-7H2. The lowest BCUT2D eigenvalue weighted by molar-refractivity contribution is -0.173. The van der Waals surface area contributed by atoms with Crippen molar-refractivity contribution < 1.29 is 28.1 Å². The van der Waals surface area contributed by atoms with E-state index in [-0.39, 0.29) is 24.7 Å². The minimum atomic E-state index is -4.30. The quantitative estimate of drug-likeness (QED) is 0.542. The van der Waals surface area contributed by atoms with Crippen molar-refractivity contribution in [2.75, 3.05) is 19.8 Å². The summed E-state index contributed by atoms with van der Waals surface area (Å²) in [5.41, 5.74) is 0.709. The predicted molar refractivity (Wildman–Crippen MR) is 58.4 cm³/mol. The molecule has 0 spiro atoms. The number of nitrogens with one attached hydrogen (secondary N) is 1. The summed E-state index contributed by atoms with van der Waals surface area (Å²) < 4.78 is 39.5. The second kappa shape index (κ2) is 6.46. The lowest BCUT2D eigenvalue weighted by Crippen LogP contribution is -2.23. The third kappa shape index (κ3) is 5.74. The van der Waals surface area contributed by atoms with E-state index in [2.05, 4.69) is 10.1 Å². The fraction of sp³-hybridized carbons (Fsp3) is 0.455. The van der Waals surface area contributed by atoms with E-state index in [1.54, 1.807) is 6.07 Å². The molecule has 1 rings (SSSR count). The lowest BCUT2D eigenvalue weighted by Gasteiger charge is -2.08. The number of ether oxygens (including phenoxy) is 1. The van der Waals surface area contributed by atoms with Crippen LogP contribution in [0.3, 0.4) is 0 Å². The molecule has 1 aromatic carbocycles. The zero-order valence-electron chi connectivity index (χ0n) is 9.50. The summed E-state index contributed by atoms with van der Waals surface area (Å²) in [5, 5.41) is 21.1. The molecule has 0 radical (unpaired) electrons.